The molecule has 0 amide bonds. The first-order valence-corrected chi connectivity index (χ1v) is 11.3. The minimum atomic E-state index is 0.0355. The molecule has 158 valence electrons. The standard InChI is InChI=1S/C24H24N4O2S/c1-30-20-8-3-2-6-16(20)14-28-15-27-23-22(24(28)29)19-10-9-17(12-21(19)31-23)26-13-18-7-4-5-11-25-18/h2-8,11,15,17,26H,9-10,12-14H2,1H3. The predicted octanol–water partition coefficient (Wildman–Crippen LogP) is 3.56. The predicted molar refractivity (Wildman–Crippen MR) is 123 cm³/mol. The van der Waals surface area contributed by atoms with Crippen LogP contribution in [0.2, 0.25) is 0 Å². The van der Waals surface area contributed by atoms with Crippen LogP contribution in [0.25, 0.3) is 10.2 Å². The quantitative estimate of drug-likeness (QED) is 0.505. The molecule has 4 aromatic rings. The highest BCUT2D eigenvalue weighted by atomic mass is 32.1. The van der Waals surface area contributed by atoms with Crippen molar-refractivity contribution in [2.24, 2.45) is 0 Å². The van der Waals surface area contributed by atoms with E-state index in [2.05, 4.69) is 15.3 Å². The number of hydrogen-bond donors (Lipinski definition) is 1. The maximum Gasteiger partial charge on any atom is 0.262 e. The van der Waals surface area contributed by atoms with Crippen LogP contribution in [0.1, 0.15) is 28.1 Å². The van der Waals surface area contributed by atoms with Crippen molar-refractivity contribution in [3.8, 4) is 5.75 Å². The summed E-state index contributed by atoms with van der Waals surface area (Å²) in [5.74, 6) is 0.781. The highest BCUT2D eigenvalue weighted by Gasteiger charge is 2.25. The van der Waals surface area contributed by atoms with Crippen LogP contribution in [-0.2, 0) is 25.9 Å². The summed E-state index contributed by atoms with van der Waals surface area (Å²) in [6, 6.07) is 14.2. The summed E-state index contributed by atoms with van der Waals surface area (Å²) in [5, 5.41) is 4.41. The van der Waals surface area contributed by atoms with Gasteiger partial charge in [-0.25, -0.2) is 4.98 Å². The van der Waals surface area contributed by atoms with Gasteiger partial charge in [0.05, 0.1) is 31.1 Å². The molecule has 0 radical (unpaired) electrons. The monoisotopic (exact) mass is 432 g/mol. The van der Waals surface area contributed by atoms with Crippen LogP contribution in [0.3, 0.4) is 0 Å². The number of benzene rings is 1. The third kappa shape index (κ3) is 3.98. The van der Waals surface area contributed by atoms with E-state index in [0.29, 0.717) is 12.6 Å². The molecule has 3 aromatic heterocycles. The summed E-state index contributed by atoms with van der Waals surface area (Å²) in [4.78, 5) is 24.5. The second-order valence-electron chi connectivity index (χ2n) is 7.82. The molecule has 1 aliphatic carbocycles. The molecule has 7 heteroatoms. The van der Waals surface area contributed by atoms with Crippen molar-refractivity contribution in [3.63, 3.8) is 0 Å². The number of hydrogen-bond acceptors (Lipinski definition) is 6. The summed E-state index contributed by atoms with van der Waals surface area (Å²) in [7, 11) is 1.65. The number of para-hydroxylation sites is 1. The van der Waals surface area contributed by atoms with Crippen molar-refractivity contribution in [2.45, 2.75) is 38.4 Å². The minimum Gasteiger partial charge on any atom is -0.496 e. The highest BCUT2D eigenvalue weighted by molar-refractivity contribution is 7.18. The Morgan fingerprint density at radius 1 is 1.19 bits per heavy atom. The normalized spacial score (nSPS) is 15.7. The summed E-state index contributed by atoms with van der Waals surface area (Å²) >= 11 is 1.66. The van der Waals surface area contributed by atoms with Gasteiger partial charge in [-0.2, -0.15) is 0 Å². The number of methoxy groups -OCH3 is 1. The number of rotatable bonds is 6. The van der Waals surface area contributed by atoms with E-state index in [1.54, 1.807) is 29.3 Å². The van der Waals surface area contributed by atoms with E-state index in [4.69, 9.17) is 4.74 Å². The van der Waals surface area contributed by atoms with Crippen molar-refractivity contribution in [3.05, 3.63) is 87.0 Å². The molecule has 1 N–H and O–H groups in total. The number of fused-ring (bicyclic) bond motifs is 3. The van der Waals surface area contributed by atoms with Crippen molar-refractivity contribution >= 4 is 21.6 Å². The van der Waals surface area contributed by atoms with Crippen LogP contribution in [0, 0.1) is 0 Å². The molecule has 0 bridgehead atoms. The van der Waals surface area contributed by atoms with Crippen molar-refractivity contribution in [1.82, 2.24) is 19.9 Å². The number of pyridine rings is 1. The van der Waals surface area contributed by atoms with Crippen LogP contribution in [0.15, 0.2) is 59.8 Å². The maximum absolute atomic E-state index is 13.3. The Balaban J connectivity index is 1.39. The number of nitrogens with zero attached hydrogens (tertiary/aromatic N) is 3. The van der Waals surface area contributed by atoms with E-state index in [0.717, 1.165) is 53.0 Å². The van der Waals surface area contributed by atoms with Crippen molar-refractivity contribution in [1.29, 1.82) is 0 Å². The lowest BCUT2D eigenvalue weighted by Crippen LogP contribution is -2.34. The largest absolute Gasteiger partial charge is 0.496 e. The Hall–Kier alpha value is -3.03. The Morgan fingerprint density at radius 2 is 2.06 bits per heavy atom. The first kappa shape index (κ1) is 19.9. The van der Waals surface area contributed by atoms with E-state index < -0.39 is 0 Å². The lowest BCUT2D eigenvalue weighted by Gasteiger charge is -2.23. The SMILES string of the molecule is COc1ccccc1Cn1cnc2sc3c(c2c1=O)CCC(NCc1ccccn1)C3. The highest BCUT2D eigenvalue weighted by Crippen LogP contribution is 2.33. The molecule has 1 atom stereocenters. The molecule has 0 spiro atoms. The Kier molecular flexibility index (Phi) is 5.53. The number of ether oxygens (including phenoxy) is 1. The van der Waals surface area contributed by atoms with Gasteiger partial charge < -0.3 is 10.1 Å². The van der Waals surface area contributed by atoms with Gasteiger partial charge in [-0.1, -0.05) is 24.3 Å². The van der Waals surface area contributed by atoms with Crippen LogP contribution >= 0.6 is 11.3 Å². The summed E-state index contributed by atoms with van der Waals surface area (Å²) in [6.45, 7) is 1.21. The summed E-state index contributed by atoms with van der Waals surface area (Å²) in [6.07, 6.45) is 6.31. The first-order chi connectivity index (χ1) is 15.2. The van der Waals surface area contributed by atoms with Crippen LogP contribution < -0.4 is 15.6 Å². The molecule has 0 saturated heterocycles. The van der Waals surface area contributed by atoms with E-state index in [1.165, 1.54) is 10.4 Å². The Bertz CT molecular complexity index is 1270. The average molecular weight is 433 g/mol. The van der Waals surface area contributed by atoms with Gasteiger partial charge in [0.2, 0.25) is 0 Å². The van der Waals surface area contributed by atoms with E-state index in [1.807, 2.05) is 48.7 Å². The fourth-order valence-corrected chi connectivity index (χ4v) is 5.51. The van der Waals surface area contributed by atoms with Crippen LogP contribution in [-0.4, -0.2) is 27.7 Å². The van der Waals surface area contributed by atoms with Gasteiger partial charge in [0, 0.05) is 29.2 Å². The fourth-order valence-electron chi connectivity index (χ4n) is 4.26. The summed E-state index contributed by atoms with van der Waals surface area (Å²) in [5.41, 5.74) is 3.23. The first-order valence-electron chi connectivity index (χ1n) is 10.5. The number of nitrogens with one attached hydrogen (secondary N) is 1. The molecule has 1 aliphatic rings. The molecular weight excluding hydrogens is 408 g/mol. The lowest BCUT2D eigenvalue weighted by atomic mass is 9.93. The number of thiophene rings is 1. The Morgan fingerprint density at radius 3 is 2.90 bits per heavy atom. The van der Waals surface area contributed by atoms with E-state index in [-0.39, 0.29) is 5.56 Å². The minimum absolute atomic E-state index is 0.0355. The van der Waals surface area contributed by atoms with Crippen molar-refractivity contribution < 1.29 is 4.74 Å². The molecule has 3 heterocycles. The molecule has 1 aromatic carbocycles. The number of aromatic nitrogens is 3. The molecule has 6 nitrogen and oxygen atoms in total. The summed E-state index contributed by atoms with van der Waals surface area (Å²) < 4.78 is 7.14. The van der Waals surface area contributed by atoms with Gasteiger partial charge in [-0.3, -0.25) is 14.3 Å². The van der Waals surface area contributed by atoms with Gasteiger partial charge in [0.25, 0.3) is 5.56 Å². The maximum atomic E-state index is 13.3. The van der Waals surface area contributed by atoms with E-state index in [9.17, 15) is 4.79 Å². The second-order valence-corrected chi connectivity index (χ2v) is 8.90. The zero-order chi connectivity index (χ0) is 21.2. The lowest BCUT2D eigenvalue weighted by molar-refractivity contribution is 0.408. The fraction of sp³-hybridized carbons (Fsp3) is 0.292. The molecule has 0 aliphatic heterocycles. The zero-order valence-corrected chi connectivity index (χ0v) is 18.2. The Labute approximate surface area is 184 Å². The van der Waals surface area contributed by atoms with Gasteiger partial charge >= 0.3 is 0 Å². The molecule has 0 fully saturated rings. The topological polar surface area (TPSA) is 69.0 Å². The average Bonchev–Trinajstić information content (AvgIpc) is 3.19. The smallest absolute Gasteiger partial charge is 0.262 e. The van der Waals surface area contributed by atoms with Gasteiger partial charge in [-0.15, -0.1) is 11.3 Å². The molecule has 31 heavy (non-hydrogen) atoms. The van der Waals surface area contributed by atoms with Gasteiger partial charge in [0.1, 0.15) is 10.6 Å². The molecular formula is C24H24N4O2S. The third-order valence-electron chi connectivity index (χ3n) is 5.87. The van der Waals surface area contributed by atoms with E-state index >= 15 is 0 Å². The van der Waals surface area contributed by atoms with Gasteiger partial charge in [0.15, 0.2) is 0 Å². The number of aryl methyl sites for hydroxylation is 1. The van der Waals surface area contributed by atoms with Crippen LogP contribution in [0.4, 0.5) is 0 Å². The van der Waals surface area contributed by atoms with Crippen molar-refractivity contribution in [2.75, 3.05) is 7.11 Å². The second kappa shape index (κ2) is 8.61. The molecule has 1 unspecified atom stereocenters. The van der Waals surface area contributed by atoms with Gasteiger partial charge in [-0.05, 0) is 43.0 Å². The third-order valence-corrected chi connectivity index (χ3v) is 7.03. The van der Waals surface area contributed by atoms with Crippen LogP contribution in [0.5, 0.6) is 5.75 Å². The zero-order valence-electron chi connectivity index (χ0n) is 17.4. The molecule has 5 rings (SSSR count). The molecule has 0 saturated carbocycles.